The summed E-state index contributed by atoms with van der Waals surface area (Å²) >= 11 is 0. The number of piperazine rings is 2. The lowest BCUT2D eigenvalue weighted by molar-refractivity contribution is 0.0684. The average molecular weight is 715 g/mol. The molecule has 0 unspecified atom stereocenters. The second-order valence-electron chi connectivity index (χ2n) is 15.5. The molecular weight excluding hydrogens is 674 g/mol. The summed E-state index contributed by atoms with van der Waals surface area (Å²) in [6.07, 6.45) is 8.70. The van der Waals surface area contributed by atoms with Crippen LogP contribution in [0.15, 0.2) is 46.2 Å². The van der Waals surface area contributed by atoms with Gasteiger partial charge in [-0.05, 0) is 76.9 Å². The van der Waals surface area contributed by atoms with Gasteiger partial charge in [-0.25, -0.2) is 18.4 Å². The molecule has 4 aromatic rings. The number of hydrogen-bond acceptors (Lipinski definition) is 8. The number of rotatable bonds is 6. The van der Waals surface area contributed by atoms with Crippen LogP contribution in [0.25, 0.3) is 21.8 Å². The third kappa shape index (κ3) is 5.28. The van der Waals surface area contributed by atoms with Crippen LogP contribution in [0.5, 0.6) is 0 Å². The number of anilines is 2. The molecule has 6 aliphatic rings. The molecule has 12 nitrogen and oxygen atoms in total. The minimum Gasteiger partial charge on any atom is -0.477 e. The van der Waals surface area contributed by atoms with E-state index in [0.717, 1.165) is 64.7 Å². The molecular formula is C38H40F2N6O6. The van der Waals surface area contributed by atoms with Crippen molar-refractivity contribution < 1.29 is 28.6 Å². The Hall–Kier alpha value is -4.82. The third-order valence-electron chi connectivity index (χ3n) is 12.2. The Morgan fingerprint density at radius 2 is 0.981 bits per heavy atom. The van der Waals surface area contributed by atoms with Crippen LogP contribution < -0.4 is 20.7 Å². The number of carboxylic acid groups (broad SMARTS) is 2. The Labute approximate surface area is 297 Å². The molecule has 4 atom stereocenters. The minimum absolute atomic E-state index is 0.152. The lowest BCUT2D eigenvalue weighted by Gasteiger charge is -2.34. The number of carbonyl (C=O) groups is 2. The molecule has 0 spiro atoms. The number of benzene rings is 2. The molecule has 272 valence electrons. The highest BCUT2D eigenvalue weighted by molar-refractivity contribution is 5.94. The van der Waals surface area contributed by atoms with Gasteiger partial charge in [0.05, 0.1) is 22.4 Å². The normalized spacial score (nSPS) is 25.4. The number of likely N-dealkylation sites (N-methyl/N-ethyl adjacent to an activating group) is 2. The number of aromatic nitrogens is 2. The van der Waals surface area contributed by atoms with Crippen molar-refractivity contribution in [1.29, 1.82) is 0 Å². The molecule has 4 bridgehead atoms. The van der Waals surface area contributed by atoms with E-state index >= 15 is 0 Å². The quantitative estimate of drug-likeness (QED) is 0.301. The highest BCUT2D eigenvalue weighted by Gasteiger charge is 2.44. The molecule has 2 N–H and O–H groups in total. The van der Waals surface area contributed by atoms with Crippen molar-refractivity contribution in [2.75, 3.05) is 50.1 Å². The molecule has 6 heterocycles. The number of aromatic carboxylic acids is 2. The van der Waals surface area contributed by atoms with Crippen LogP contribution in [0.3, 0.4) is 0 Å². The number of carboxylic acids is 2. The van der Waals surface area contributed by atoms with Gasteiger partial charge < -0.3 is 29.1 Å². The maximum atomic E-state index is 14.9. The van der Waals surface area contributed by atoms with Crippen LogP contribution >= 0.6 is 0 Å². The van der Waals surface area contributed by atoms with Gasteiger partial charge in [-0.2, -0.15) is 0 Å². The number of halogens is 2. The summed E-state index contributed by atoms with van der Waals surface area (Å²) in [5.74, 6) is -3.43. The smallest absolute Gasteiger partial charge is 0.341 e. The summed E-state index contributed by atoms with van der Waals surface area (Å²) in [5, 5.41) is 19.0. The molecule has 0 radical (unpaired) electrons. The van der Waals surface area contributed by atoms with Crippen LogP contribution in [0.1, 0.15) is 71.3 Å². The van der Waals surface area contributed by atoms with Gasteiger partial charge in [0.15, 0.2) is 0 Å². The molecule has 14 heteroatoms. The molecule has 2 aromatic heterocycles. The largest absolute Gasteiger partial charge is 0.477 e. The maximum Gasteiger partial charge on any atom is 0.341 e. The van der Waals surface area contributed by atoms with Gasteiger partial charge in [0.1, 0.15) is 22.8 Å². The van der Waals surface area contributed by atoms with Gasteiger partial charge in [-0.15, -0.1) is 0 Å². The first-order chi connectivity index (χ1) is 24.9. The Kier molecular flexibility index (Phi) is 7.53. The minimum atomic E-state index is -1.27. The Bertz CT molecular complexity index is 2150. The first kappa shape index (κ1) is 33.0. The van der Waals surface area contributed by atoms with Gasteiger partial charge in [0.2, 0.25) is 10.9 Å². The third-order valence-corrected chi connectivity index (χ3v) is 12.2. The van der Waals surface area contributed by atoms with Gasteiger partial charge in [-0.1, -0.05) is 0 Å². The van der Waals surface area contributed by atoms with E-state index in [4.69, 9.17) is 0 Å². The van der Waals surface area contributed by atoms with Crippen molar-refractivity contribution in [3.05, 3.63) is 79.9 Å². The monoisotopic (exact) mass is 714 g/mol. The van der Waals surface area contributed by atoms with Crippen molar-refractivity contribution in [3.63, 3.8) is 0 Å². The topological polar surface area (TPSA) is 132 Å². The zero-order chi connectivity index (χ0) is 36.3. The lowest BCUT2D eigenvalue weighted by Crippen LogP contribution is -2.44. The number of fused-ring (bicyclic) bond motifs is 6. The van der Waals surface area contributed by atoms with Crippen molar-refractivity contribution in [2.45, 2.75) is 74.8 Å². The Morgan fingerprint density at radius 3 is 1.27 bits per heavy atom. The van der Waals surface area contributed by atoms with E-state index in [1.807, 2.05) is 9.13 Å². The molecule has 6 fully saturated rings. The standard InChI is InChI=1S/2C19H20FN3O3/c2*1-21-7-12-4-11(21)8-22(12)17-6-16-13(5-15(17)20)18(24)14(19(25)26)9-23(16)10-2-3-10/h2*5-6,9-12H,2-4,7-8H2,1H3,(H,25,26)/t2*11-,12-/m00/s1. The Balaban J connectivity index is 0.000000138. The zero-order valence-corrected chi connectivity index (χ0v) is 29.0. The summed E-state index contributed by atoms with van der Waals surface area (Å²) in [4.78, 5) is 56.7. The van der Waals surface area contributed by atoms with Gasteiger partial charge in [0.25, 0.3) is 0 Å². The van der Waals surface area contributed by atoms with E-state index in [-0.39, 0.29) is 46.1 Å². The zero-order valence-electron chi connectivity index (χ0n) is 29.0. The Morgan fingerprint density at radius 1 is 0.596 bits per heavy atom. The maximum absolute atomic E-state index is 14.9. The highest BCUT2D eigenvalue weighted by Crippen LogP contribution is 2.42. The first-order valence-corrected chi connectivity index (χ1v) is 18.0. The van der Waals surface area contributed by atoms with Crippen molar-refractivity contribution >= 4 is 45.1 Å². The molecule has 2 aliphatic carbocycles. The average Bonchev–Trinajstić information content (AvgIpc) is 3.99. The predicted molar refractivity (Wildman–Crippen MR) is 191 cm³/mol. The molecule has 4 saturated heterocycles. The predicted octanol–water partition coefficient (Wildman–Crippen LogP) is 4.13. The molecule has 0 amide bonds. The van der Waals surface area contributed by atoms with Crippen LogP contribution in [-0.2, 0) is 0 Å². The molecule has 4 aliphatic heterocycles. The van der Waals surface area contributed by atoms with Gasteiger partial charge >= 0.3 is 11.9 Å². The summed E-state index contributed by atoms with van der Waals surface area (Å²) in [5.41, 5.74) is 0.502. The van der Waals surface area contributed by atoms with Crippen LogP contribution in [-0.4, -0.2) is 106 Å². The van der Waals surface area contributed by atoms with E-state index in [9.17, 15) is 38.2 Å². The number of likely N-dealkylation sites (tertiary alicyclic amines) is 2. The summed E-state index contributed by atoms with van der Waals surface area (Å²) in [6.45, 7) is 3.39. The van der Waals surface area contributed by atoms with Crippen molar-refractivity contribution in [2.24, 2.45) is 0 Å². The van der Waals surface area contributed by atoms with E-state index in [2.05, 4.69) is 33.7 Å². The first-order valence-electron chi connectivity index (χ1n) is 18.0. The summed E-state index contributed by atoms with van der Waals surface area (Å²) in [6, 6.07) is 7.79. The molecule has 2 aromatic carbocycles. The second kappa shape index (κ2) is 11.9. The van der Waals surface area contributed by atoms with E-state index in [0.29, 0.717) is 34.5 Å². The number of nitrogens with zero attached hydrogens (tertiary/aromatic N) is 6. The van der Waals surface area contributed by atoms with E-state index in [1.165, 1.54) is 24.5 Å². The molecule has 10 rings (SSSR count). The fourth-order valence-electron chi connectivity index (χ4n) is 9.09. The van der Waals surface area contributed by atoms with Gasteiger partial charge in [0, 0.05) is 85.6 Å². The molecule has 2 saturated carbocycles. The highest BCUT2D eigenvalue weighted by atomic mass is 19.1. The lowest BCUT2D eigenvalue weighted by atomic mass is 10.1. The van der Waals surface area contributed by atoms with Crippen LogP contribution in [0.4, 0.5) is 20.2 Å². The summed E-state index contributed by atoms with van der Waals surface area (Å²) < 4.78 is 33.5. The fourth-order valence-corrected chi connectivity index (χ4v) is 9.09. The van der Waals surface area contributed by atoms with Gasteiger partial charge in [-0.3, -0.25) is 19.4 Å². The number of pyridine rings is 2. The van der Waals surface area contributed by atoms with Crippen LogP contribution in [0.2, 0.25) is 0 Å². The SMILES string of the molecule is CN1C[C@@H]2C[C@H]1CN2c1cc2c(cc1F)c(=O)c(C(=O)O)cn2C1CC1.CN1C[C@@H]2C[C@H]1CN2c1cc2c(cc1F)c(=O)c(C(=O)O)cn2C1CC1. The van der Waals surface area contributed by atoms with Crippen molar-refractivity contribution in [3.8, 4) is 0 Å². The van der Waals surface area contributed by atoms with E-state index < -0.39 is 34.4 Å². The van der Waals surface area contributed by atoms with Crippen molar-refractivity contribution in [1.82, 2.24) is 18.9 Å². The van der Waals surface area contributed by atoms with Crippen LogP contribution in [0, 0.1) is 11.6 Å². The number of hydrogen-bond donors (Lipinski definition) is 2. The van der Waals surface area contributed by atoms with E-state index in [1.54, 1.807) is 12.1 Å². The second-order valence-corrected chi connectivity index (χ2v) is 15.5. The summed E-state index contributed by atoms with van der Waals surface area (Å²) in [7, 11) is 4.19. The fraction of sp³-hybridized carbons (Fsp3) is 0.474. The molecule has 52 heavy (non-hydrogen) atoms.